The maximum Gasteiger partial charge on any atom is 0.137 e. The van der Waals surface area contributed by atoms with Crippen molar-refractivity contribution in [1.82, 2.24) is 0 Å². The fraction of sp³-hybridized carbons (Fsp3) is 0. The van der Waals surface area contributed by atoms with Gasteiger partial charge in [-0.1, -0.05) is 140 Å². The summed E-state index contributed by atoms with van der Waals surface area (Å²) in [6.07, 6.45) is 0. The summed E-state index contributed by atoms with van der Waals surface area (Å²) in [7, 11) is 0. The highest BCUT2D eigenvalue weighted by Gasteiger charge is 2.20. The Morgan fingerprint density at radius 3 is 1.73 bits per heavy atom. The average Bonchev–Trinajstić information content (AvgIpc) is 3.77. The van der Waals surface area contributed by atoms with Crippen LogP contribution < -0.4 is 4.90 Å². The van der Waals surface area contributed by atoms with Crippen molar-refractivity contribution in [3.05, 3.63) is 188 Å². The van der Waals surface area contributed by atoms with E-state index in [1.807, 2.05) is 23.5 Å². The standard InChI is InChI=1S/C48H31NOS/c1-2-11-34(12-3-1)38-13-4-5-14-39(38)35-23-21-32(22-24-35)33-25-27-36(28-26-33)49(37-29-30-41-40-15-7-9-20-46(40)51-47(41)31-37)43-17-10-19-45-48(43)42-16-6-8-18-44(42)50-45/h1-31H. The van der Waals surface area contributed by atoms with E-state index in [4.69, 9.17) is 4.42 Å². The van der Waals surface area contributed by atoms with Gasteiger partial charge < -0.3 is 9.32 Å². The molecule has 0 unspecified atom stereocenters. The Balaban J connectivity index is 1.07. The summed E-state index contributed by atoms with van der Waals surface area (Å²) in [5.41, 5.74) is 12.3. The molecule has 0 fully saturated rings. The Bertz CT molecular complexity index is 2850. The lowest BCUT2D eigenvalue weighted by atomic mass is 9.93. The summed E-state index contributed by atoms with van der Waals surface area (Å²) >= 11 is 1.84. The molecule has 0 N–H and O–H groups in total. The molecule has 0 spiro atoms. The SMILES string of the molecule is c1ccc(-c2ccccc2-c2ccc(-c3ccc(N(c4ccc5c(c4)sc4ccccc45)c4cccc5oc6ccccc6c45)cc3)cc2)cc1. The summed E-state index contributed by atoms with van der Waals surface area (Å²) in [5, 5.41) is 4.82. The molecule has 2 aromatic heterocycles. The van der Waals surface area contributed by atoms with Gasteiger partial charge in [0, 0.05) is 36.9 Å². The molecule has 0 radical (unpaired) electrons. The van der Waals surface area contributed by atoms with Crippen molar-refractivity contribution in [2.45, 2.75) is 0 Å². The molecule has 0 saturated carbocycles. The van der Waals surface area contributed by atoms with E-state index in [0.717, 1.165) is 39.0 Å². The van der Waals surface area contributed by atoms with Gasteiger partial charge in [0.15, 0.2) is 0 Å². The molecule has 51 heavy (non-hydrogen) atoms. The van der Waals surface area contributed by atoms with Crippen LogP contribution in [0.5, 0.6) is 0 Å². The zero-order valence-corrected chi connectivity index (χ0v) is 28.5. The number of thiophene rings is 1. The molecule has 0 aliphatic carbocycles. The molecular formula is C48H31NOS. The second-order valence-electron chi connectivity index (χ2n) is 12.9. The van der Waals surface area contributed by atoms with Gasteiger partial charge in [-0.3, -0.25) is 0 Å². The number of rotatable bonds is 6. The Morgan fingerprint density at radius 2 is 0.941 bits per heavy atom. The van der Waals surface area contributed by atoms with Gasteiger partial charge in [0.25, 0.3) is 0 Å². The van der Waals surface area contributed by atoms with E-state index >= 15 is 0 Å². The smallest absolute Gasteiger partial charge is 0.137 e. The molecule has 2 nitrogen and oxygen atoms in total. The van der Waals surface area contributed by atoms with Crippen molar-refractivity contribution < 1.29 is 4.42 Å². The van der Waals surface area contributed by atoms with Crippen molar-refractivity contribution in [2.75, 3.05) is 4.90 Å². The number of furan rings is 1. The van der Waals surface area contributed by atoms with E-state index in [0.29, 0.717) is 0 Å². The highest BCUT2D eigenvalue weighted by atomic mass is 32.1. The number of anilines is 3. The van der Waals surface area contributed by atoms with E-state index < -0.39 is 0 Å². The van der Waals surface area contributed by atoms with E-state index in [1.54, 1.807) is 0 Å². The lowest BCUT2D eigenvalue weighted by Gasteiger charge is -2.26. The molecule has 10 aromatic rings. The molecule has 3 heteroatoms. The van der Waals surface area contributed by atoms with E-state index in [2.05, 4.69) is 181 Å². The second-order valence-corrected chi connectivity index (χ2v) is 14.0. The topological polar surface area (TPSA) is 16.4 Å². The molecule has 10 rings (SSSR count). The lowest BCUT2D eigenvalue weighted by molar-refractivity contribution is 0.669. The second kappa shape index (κ2) is 12.2. The predicted molar refractivity (Wildman–Crippen MR) is 218 cm³/mol. The highest BCUT2D eigenvalue weighted by molar-refractivity contribution is 7.25. The quantitative estimate of drug-likeness (QED) is 0.175. The molecule has 0 atom stereocenters. The molecule has 0 amide bonds. The number of hydrogen-bond acceptors (Lipinski definition) is 3. The fourth-order valence-corrected chi connectivity index (χ4v) is 8.61. The Kier molecular flexibility index (Phi) is 7.04. The van der Waals surface area contributed by atoms with Crippen LogP contribution in [-0.4, -0.2) is 0 Å². The van der Waals surface area contributed by atoms with Crippen LogP contribution >= 0.6 is 11.3 Å². The van der Waals surface area contributed by atoms with Crippen molar-refractivity contribution in [3.63, 3.8) is 0 Å². The molecule has 240 valence electrons. The number of benzene rings is 8. The molecule has 0 saturated heterocycles. The van der Waals surface area contributed by atoms with Crippen LogP contribution in [0.4, 0.5) is 17.1 Å². The molecule has 8 aromatic carbocycles. The summed E-state index contributed by atoms with van der Waals surface area (Å²) in [6.45, 7) is 0. The van der Waals surface area contributed by atoms with Crippen LogP contribution in [0.25, 0.3) is 75.5 Å². The Labute approximate surface area is 300 Å². The van der Waals surface area contributed by atoms with E-state index in [9.17, 15) is 0 Å². The van der Waals surface area contributed by atoms with Gasteiger partial charge in [0.1, 0.15) is 11.2 Å². The van der Waals surface area contributed by atoms with Crippen LogP contribution in [0, 0.1) is 0 Å². The number of hydrogen-bond donors (Lipinski definition) is 0. The molecular weight excluding hydrogens is 639 g/mol. The Morgan fingerprint density at radius 1 is 0.373 bits per heavy atom. The van der Waals surface area contributed by atoms with Crippen LogP contribution in [0.2, 0.25) is 0 Å². The number of nitrogens with zero attached hydrogens (tertiary/aromatic N) is 1. The first-order valence-electron chi connectivity index (χ1n) is 17.3. The van der Waals surface area contributed by atoms with Gasteiger partial charge >= 0.3 is 0 Å². The third-order valence-corrected chi connectivity index (χ3v) is 11.0. The minimum Gasteiger partial charge on any atom is -0.456 e. The molecule has 0 aliphatic heterocycles. The predicted octanol–water partition coefficient (Wildman–Crippen LogP) is 14.4. The van der Waals surface area contributed by atoms with Crippen molar-refractivity contribution in [1.29, 1.82) is 0 Å². The summed E-state index contributed by atoms with van der Waals surface area (Å²) < 4.78 is 8.93. The summed E-state index contributed by atoms with van der Waals surface area (Å²) in [4.78, 5) is 2.38. The minimum atomic E-state index is 0.882. The minimum absolute atomic E-state index is 0.882. The lowest BCUT2D eigenvalue weighted by Crippen LogP contribution is -2.10. The van der Waals surface area contributed by atoms with Crippen molar-refractivity contribution in [2.24, 2.45) is 0 Å². The van der Waals surface area contributed by atoms with Crippen LogP contribution in [0.15, 0.2) is 192 Å². The zero-order chi connectivity index (χ0) is 33.7. The monoisotopic (exact) mass is 669 g/mol. The summed E-state index contributed by atoms with van der Waals surface area (Å²) in [6, 6.07) is 67.4. The molecule has 0 aliphatic rings. The van der Waals surface area contributed by atoms with Gasteiger partial charge in [0.2, 0.25) is 0 Å². The largest absolute Gasteiger partial charge is 0.456 e. The Hall–Kier alpha value is -6.42. The van der Waals surface area contributed by atoms with E-state index in [-0.39, 0.29) is 0 Å². The number of fused-ring (bicyclic) bond motifs is 6. The van der Waals surface area contributed by atoms with Gasteiger partial charge in [-0.25, -0.2) is 0 Å². The molecule has 0 bridgehead atoms. The van der Waals surface area contributed by atoms with E-state index in [1.165, 1.54) is 53.6 Å². The van der Waals surface area contributed by atoms with Crippen LogP contribution in [0.1, 0.15) is 0 Å². The zero-order valence-electron chi connectivity index (χ0n) is 27.7. The maximum absolute atomic E-state index is 6.35. The van der Waals surface area contributed by atoms with Gasteiger partial charge in [0.05, 0.1) is 11.1 Å². The first-order chi connectivity index (χ1) is 25.3. The van der Waals surface area contributed by atoms with Gasteiger partial charge in [-0.15, -0.1) is 11.3 Å². The highest BCUT2D eigenvalue weighted by Crippen LogP contribution is 2.45. The third kappa shape index (κ3) is 5.10. The van der Waals surface area contributed by atoms with Crippen molar-refractivity contribution in [3.8, 4) is 33.4 Å². The first-order valence-corrected chi connectivity index (χ1v) is 18.1. The normalized spacial score (nSPS) is 11.5. The van der Waals surface area contributed by atoms with Gasteiger partial charge in [-0.2, -0.15) is 0 Å². The van der Waals surface area contributed by atoms with Crippen molar-refractivity contribution >= 4 is 70.5 Å². The van der Waals surface area contributed by atoms with Crippen LogP contribution in [0.3, 0.4) is 0 Å². The average molecular weight is 670 g/mol. The van der Waals surface area contributed by atoms with Gasteiger partial charge in [-0.05, 0) is 81.9 Å². The first kappa shape index (κ1) is 29.5. The number of para-hydroxylation sites is 1. The summed E-state index contributed by atoms with van der Waals surface area (Å²) in [5.74, 6) is 0. The third-order valence-electron chi connectivity index (χ3n) is 9.91. The maximum atomic E-state index is 6.35. The fourth-order valence-electron chi connectivity index (χ4n) is 7.47. The molecule has 2 heterocycles. The van der Waals surface area contributed by atoms with Crippen LogP contribution in [-0.2, 0) is 0 Å².